The van der Waals surface area contributed by atoms with Gasteiger partial charge in [0.1, 0.15) is 31.3 Å². The first-order chi connectivity index (χ1) is 12.3. The number of ether oxygens (including phenoxy) is 2. The van der Waals surface area contributed by atoms with Crippen LogP contribution in [0.4, 0.5) is 0 Å². The quantitative estimate of drug-likeness (QED) is 0.430. The summed E-state index contributed by atoms with van der Waals surface area (Å²) in [7, 11) is -3.37. The zero-order chi connectivity index (χ0) is 19.4. The summed E-state index contributed by atoms with van der Waals surface area (Å²) >= 11 is 6.60. The largest absolute Gasteiger partial charge is 0.491 e. The fourth-order valence-electron chi connectivity index (χ4n) is 1.57. The molecule has 0 spiro atoms. The van der Waals surface area contributed by atoms with Crippen molar-refractivity contribution in [3.05, 3.63) is 57.5 Å². The number of rotatable bonds is 8. The van der Waals surface area contributed by atoms with E-state index in [4.69, 9.17) is 14.6 Å². The van der Waals surface area contributed by atoms with Gasteiger partial charge in [0, 0.05) is 8.95 Å². The molecule has 0 saturated heterocycles. The van der Waals surface area contributed by atoms with Gasteiger partial charge in [-0.1, -0.05) is 31.9 Å². The molecular weight excluding hydrogens is 492 g/mol. The van der Waals surface area contributed by atoms with Crippen molar-refractivity contribution in [3.8, 4) is 11.5 Å². The molecule has 6 nitrogen and oxygen atoms in total. The fraction of sp³-hybridized carbons (Fsp3) is 0.294. The molecule has 2 rings (SSSR count). The van der Waals surface area contributed by atoms with Crippen LogP contribution in [0.2, 0.25) is 0 Å². The highest BCUT2D eigenvalue weighted by Crippen LogP contribution is 2.16. The van der Waals surface area contributed by atoms with E-state index in [0.29, 0.717) is 12.4 Å². The van der Waals surface area contributed by atoms with Gasteiger partial charge in [0.2, 0.25) is 0 Å². The molecule has 144 valence electrons. The average molecular weight is 512 g/mol. The Kier molecular flexibility index (Phi) is 10.8. The van der Waals surface area contributed by atoms with Crippen LogP contribution < -0.4 is 9.47 Å². The van der Waals surface area contributed by atoms with E-state index in [-0.39, 0.29) is 19.8 Å². The van der Waals surface area contributed by atoms with Crippen molar-refractivity contribution in [2.75, 3.05) is 32.7 Å². The molecule has 0 aliphatic carbocycles. The lowest BCUT2D eigenvalue weighted by molar-refractivity contribution is 0.201. The van der Waals surface area contributed by atoms with E-state index in [1.54, 1.807) is 12.1 Å². The standard InChI is InChI=1S/C9H11BrO4S.C8H9BrO2/c1-15(11,12)14-7-6-13-9-4-2-8(10)3-5-9;9-7-1-3-8(4-2-7)11-6-5-10/h2-5H,6-7H2,1H3;1-4,10H,5-6H2. The monoisotopic (exact) mass is 510 g/mol. The Hall–Kier alpha value is -1.13. The first-order valence-electron chi connectivity index (χ1n) is 7.52. The maximum Gasteiger partial charge on any atom is 0.264 e. The maximum absolute atomic E-state index is 10.6. The summed E-state index contributed by atoms with van der Waals surface area (Å²) < 4.78 is 38.1. The van der Waals surface area contributed by atoms with Crippen LogP contribution in [0.1, 0.15) is 0 Å². The number of hydrogen-bond donors (Lipinski definition) is 1. The molecule has 9 heteroatoms. The predicted molar refractivity (Wildman–Crippen MR) is 107 cm³/mol. The summed E-state index contributed by atoms with van der Waals surface area (Å²) in [5.41, 5.74) is 0. The lowest BCUT2D eigenvalue weighted by Gasteiger charge is -2.05. The molecule has 0 atom stereocenters. The van der Waals surface area contributed by atoms with Crippen LogP contribution >= 0.6 is 31.9 Å². The summed E-state index contributed by atoms with van der Waals surface area (Å²) in [6.45, 7) is 0.626. The third kappa shape index (κ3) is 11.5. The molecule has 0 radical (unpaired) electrons. The topological polar surface area (TPSA) is 82.1 Å². The molecule has 0 saturated carbocycles. The Bertz CT molecular complexity index is 733. The van der Waals surface area contributed by atoms with Gasteiger partial charge in [0.15, 0.2) is 0 Å². The second-order valence-corrected chi connectivity index (χ2v) is 8.33. The molecule has 26 heavy (non-hydrogen) atoms. The van der Waals surface area contributed by atoms with Gasteiger partial charge in [0.25, 0.3) is 10.1 Å². The molecule has 0 amide bonds. The van der Waals surface area contributed by atoms with Gasteiger partial charge in [-0.25, -0.2) is 0 Å². The Morgan fingerprint density at radius 2 is 1.23 bits per heavy atom. The Balaban J connectivity index is 0.000000273. The molecular formula is C17H20Br2O6S. The highest BCUT2D eigenvalue weighted by Gasteiger charge is 2.01. The third-order valence-corrected chi connectivity index (χ3v) is 4.29. The summed E-state index contributed by atoms with van der Waals surface area (Å²) in [5, 5.41) is 8.45. The molecule has 0 aliphatic heterocycles. The molecule has 2 aromatic rings. The zero-order valence-electron chi connectivity index (χ0n) is 14.1. The van der Waals surface area contributed by atoms with E-state index in [2.05, 4.69) is 36.0 Å². The number of hydrogen-bond acceptors (Lipinski definition) is 6. The van der Waals surface area contributed by atoms with E-state index in [0.717, 1.165) is 21.0 Å². The Morgan fingerprint density at radius 1 is 0.808 bits per heavy atom. The summed E-state index contributed by atoms with van der Waals surface area (Å²) in [6, 6.07) is 14.7. The lowest BCUT2D eigenvalue weighted by Crippen LogP contribution is -2.11. The first kappa shape index (κ1) is 22.9. The minimum atomic E-state index is -3.37. The van der Waals surface area contributed by atoms with Crippen LogP contribution in [-0.2, 0) is 14.3 Å². The molecule has 0 unspecified atom stereocenters. The zero-order valence-corrected chi connectivity index (χ0v) is 18.1. The van der Waals surface area contributed by atoms with E-state index in [1.807, 2.05) is 36.4 Å². The van der Waals surface area contributed by atoms with Gasteiger partial charge in [-0.2, -0.15) is 8.42 Å². The van der Waals surface area contributed by atoms with Crippen LogP contribution in [0.3, 0.4) is 0 Å². The van der Waals surface area contributed by atoms with Crippen LogP contribution in [0.25, 0.3) is 0 Å². The van der Waals surface area contributed by atoms with Gasteiger partial charge in [-0.3, -0.25) is 4.18 Å². The van der Waals surface area contributed by atoms with Gasteiger partial charge >= 0.3 is 0 Å². The lowest BCUT2D eigenvalue weighted by atomic mass is 10.3. The van der Waals surface area contributed by atoms with E-state index in [9.17, 15) is 8.42 Å². The maximum atomic E-state index is 10.6. The van der Waals surface area contributed by atoms with Crippen molar-refractivity contribution in [1.29, 1.82) is 0 Å². The van der Waals surface area contributed by atoms with Crippen LogP contribution in [0.5, 0.6) is 11.5 Å². The molecule has 0 bridgehead atoms. The summed E-state index contributed by atoms with van der Waals surface area (Å²) in [5.74, 6) is 1.46. The molecule has 2 aromatic carbocycles. The average Bonchev–Trinajstić information content (AvgIpc) is 2.60. The minimum absolute atomic E-state index is 0.0227. The second-order valence-electron chi connectivity index (χ2n) is 4.85. The van der Waals surface area contributed by atoms with Crippen molar-refractivity contribution in [2.24, 2.45) is 0 Å². The molecule has 0 fully saturated rings. The molecule has 0 aromatic heterocycles. The van der Waals surface area contributed by atoms with E-state index < -0.39 is 10.1 Å². The van der Waals surface area contributed by atoms with Gasteiger partial charge in [-0.05, 0) is 48.5 Å². The van der Waals surface area contributed by atoms with Crippen molar-refractivity contribution < 1.29 is 27.2 Å². The van der Waals surface area contributed by atoms with Crippen molar-refractivity contribution >= 4 is 42.0 Å². The second kappa shape index (κ2) is 12.3. The smallest absolute Gasteiger partial charge is 0.264 e. The van der Waals surface area contributed by atoms with Crippen molar-refractivity contribution in [2.45, 2.75) is 0 Å². The SMILES string of the molecule is CS(=O)(=O)OCCOc1ccc(Br)cc1.OCCOc1ccc(Br)cc1. The van der Waals surface area contributed by atoms with Crippen LogP contribution in [0.15, 0.2) is 57.5 Å². The van der Waals surface area contributed by atoms with Crippen molar-refractivity contribution in [1.82, 2.24) is 0 Å². The number of aliphatic hydroxyl groups is 1. The van der Waals surface area contributed by atoms with Crippen LogP contribution in [0, 0.1) is 0 Å². The first-order valence-corrected chi connectivity index (χ1v) is 10.9. The molecule has 1 N–H and O–H groups in total. The Morgan fingerprint density at radius 3 is 1.62 bits per heavy atom. The van der Waals surface area contributed by atoms with Crippen molar-refractivity contribution in [3.63, 3.8) is 0 Å². The fourth-order valence-corrected chi connectivity index (χ4v) is 2.47. The highest BCUT2D eigenvalue weighted by molar-refractivity contribution is 9.10. The third-order valence-electron chi connectivity index (χ3n) is 2.64. The number of benzene rings is 2. The van der Waals surface area contributed by atoms with E-state index >= 15 is 0 Å². The normalized spacial score (nSPS) is 10.6. The van der Waals surface area contributed by atoms with Gasteiger partial charge in [0.05, 0.1) is 12.9 Å². The van der Waals surface area contributed by atoms with Gasteiger partial charge in [-0.15, -0.1) is 0 Å². The number of halogens is 2. The highest BCUT2D eigenvalue weighted by atomic mass is 79.9. The van der Waals surface area contributed by atoms with Gasteiger partial charge < -0.3 is 14.6 Å². The summed E-state index contributed by atoms with van der Waals surface area (Å²) in [6.07, 6.45) is 1.01. The Labute approximate surface area is 170 Å². The van der Waals surface area contributed by atoms with E-state index in [1.165, 1.54) is 0 Å². The predicted octanol–water partition coefficient (Wildman–Crippen LogP) is 3.62. The van der Waals surface area contributed by atoms with Crippen LogP contribution in [-0.4, -0.2) is 46.2 Å². The number of aliphatic hydroxyl groups excluding tert-OH is 1. The molecule has 0 aliphatic rings. The minimum Gasteiger partial charge on any atom is -0.491 e. The molecule has 0 heterocycles. The summed E-state index contributed by atoms with van der Waals surface area (Å²) in [4.78, 5) is 0.